The van der Waals surface area contributed by atoms with Crippen molar-refractivity contribution in [2.75, 3.05) is 0 Å². The Labute approximate surface area is 118 Å². The number of para-hydroxylation sites is 1. The molecule has 7 heteroatoms. The second kappa shape index (κ2) is 5.27. The van der Waals surface area contributed by atoms with Crippen molar-refractivity contribution in [2.24, 2.45) is 0 Å². The molecule has 0 bridgehead atoms. The predicted octanol–water partition coefficient (Wildman–Crippen LogP) is 4.40. The maximum absolute atomic E-state index is 13.0. The van der Waals surface area contributed by atoms with E-state index in [1.165, 1.54) is 19.1 Å². The fraction of sp³-hybridized carbons (Fsp3) is 0.500. The van der Waals surface area contributed by atoms with Crippen molar-refractivity contribution in [1.82, 2.24) is 0 Å². The normalized spacial score (nSPS) is 13.2. The van der Waals surface area contributed by atoms with E-state index in [1.807, 2.05) is 0 Å². The molecule has 0 radical (unpaired) electrons. The Kier molecular flexibility index (Phi) is 4.37. The van der Waals surface area contributed by atoms with E-state index in [9.17, 15) is 26.7 Å². The zero-order valence-electron chi connectivity index (χ0n) is 11.9. The Morgan fingerprint density at radius 2 is 1.57 bits per heavy atom. The highest BCUT2D eigenvalue weighted by atomic mass is 19.4. The van der Waals surface area contributed by atoms with Gasteiger partial charge in [0.25, 0.3) is 0 Å². The lowest BCUT2D eigenvalue weighted by atomic mass is 9.85. The highest BCUT2D eigenvalue weighted by Gasteiger charge is 2.65. The Morgan fingerprint density at radius 1 is 1.05 bits per heavy atom. The topological polar surface area (TPSA) is 26.3 Å². The fourth-order valence-corrected chi connectivity index (χ4v) is 1.65. The standard InChI is InChI=1S/C14H15F5O2/c1-8-6-5-7-9(12(2,3)4)10(8)21-11(20)13(15,16)14(17,18)19/h5-7H,1-4H3. The van der Waals surface area contributed by atoms with E-state index in [1.54, 1.807) is 26.8 Å². The van der Waals surface area contributed by atoms with Gasteiger partial charge in [0, 0.05) is 5.56 Å². The average Bonchev–Trinajstić information content (AvgIpc) is 2.28. The Balaban J connectivity index is 3.24. The summed E-state index contributed by atoms with van der Waals surface area (Å²) < 4.78 is 66.8. The molecule has 0 amide bonds. The Hall–Kier alpha value is -1.66. The predicted molar refractivity (Wildman–Crippen MR) is 66.5 cm³/mol. The van der Waals surface area contributed by atoms with Crippen molar-refractivity contribution < 1.29 is 31.5 Å². The van der Waals surface area contributed by atoms with Gasteiger partial charge in [-0.2, -0.15) is 22.0 Å². The van der Waals surface area contributed by atoms with E-state index in [-0.39, 0.29) is 5.75 Å². The molecule has 0 fully saturated rings. The molecule has 0 aliphatic heterocycles. The van der Waals surface area contributed by atoms with Gasteiger partial charge in [0.1, 0.15) is 5.75 Å². The van der Waals surface area contributed by atoms with Crippen molar-refractivity contribution in [3.05, 3.63) is 29.3 Å². The maximum atomic E-state index is 13.0. The minimum Gasteiger partial charge on any atom is -0.421 e. The molecule has 0 aliphatic carbocycles. The number of rotatable bonds is 2. The Morgan fingerprint density at radius 3 is 2.00 bits per heavy atom. The third-order valence-corrected chi connectivity index (χ3v) is 2.83. The summed E-state index contributed by atoms with van der Waals surface area (Å²) in [6.45, 7) is 6.63. The number of carbonyl (C=O) groups excluding carboxylic acids is 1. The van der Waals surface area contributed by atoms with Crippen LogP contribution >= 0.6 is 0 Å². The van der Waals surface area contributed by atoms with E-state index in [0.29, 0.717) is 11.1 Å². The SMILES string of the molecule is Cc1cccc(C(C)(C)C)c1OC(=O)C(F)(F)C(F)(F)F. The first-order chi connectivity index (χ1) is 9.28. The van der Waals surface area contributed by atoms with Crippen molar-refractivity contribution in [2.45, 2.75) is 45.2 Å². The van der Waals surface area contributed by atoms with Gasteiger partial charge in [-0.1, -0.05) is 39.0 Å². The van der Waals surface area contributed by atoms with Gasteiger partial charge in [-0.25, -0.2) is 4.79 Å². The summed E-state index contributed by atoms with van der Waals surface area (Å²) in [5.74, 6) is -8.45. The van der Waals surface area contributed by atoms with Crippen LogP contribution in [0.5, 0.6) is 5.75 Å². The molecular weight excluding hydrogens is 295 g/mol. The molecule has 0 atom stereocenters. The second-order valence-electron chi connectivity index (χ2n) is 5.66. The second-order valence-corrected chi connectivity index (χ2v) is 5.66. The van der Waals surface area contributed by atoms with Gasteiger partial charge in [0.2, 0.25) is 0 Å². The third kappa shape index (κ3) is 3.51. The highest BCUT2D eigenvalue weighted by molar-refractivity contribution is 5.81. The molecular formula is C14H15F5O2. The first-order valence-corrected chi connectivity index (χ1v) is 6.05. The van der Waals surface area contributed by atoms with Gasteiger partial charge in [0.05, 0.1) is 0 Å². The van der Waals surface area contributed by atoms with E-state index in [0.717, 1.165) is 0 Å². The van der Waals surface area contributed by atoms with Crippen LogP contribution in [0.25, 0.3) is 0 Å². The van der Waals surface area contributed by atoms with E-state index < -0.39 is 23.5 Å². The largest absolute Gasteiger partial charge is 0.465 e. The number of esters is 1. The maximum Gasteiger partial charge on any atom is 0.465 e. The molecule has 21 heavy (non-hydrogen) atoms. The monoisotopic (exact) mass is 310 g/mol. The van der Waals surface area contributed by atoms with Crippen molar-refractivity contribution in [3.8, 4) is 5.75 Å². The summed E-state index contributed by atoms with van der Waals surface area (Å²) in [5, 5.41) is 0. The number of alkyl halides is 5. The molecule has 0 saturated carbocycles. The number of carbonyl (C=O) groups is 1. The van der Waals surface area contributed by atoms with Gasteiger partial charge in [-0.05, 0) is 17.9 Å². The molecule has 0 saturated heterocycles. The molecule has 2 nitrogen and oxygen atoms in total. The molecule has 0 aromatic heterocycles. The molecule has 0 unspecified atom stereocenters. The summed E-state index contributed by atoms with van der Waals surface area (Å²) >= 11 is 0. The highest BCUT2D eigenvalue weighted by Crippen LogP contribution is 2.39. The summed E-state index contributed by atoms with van der Waals surface area (Å²) in [7, 11) is 0. The minimum absolute atomic E-state index is 0.265. The molecule has 1 aromatic carbocycles. The number of benzene rings is 1. The molecule has 0 N–H and O–H groups in total. The number of halogens is 5. The van der Waals surface area contributed by atoms with Gasteiger partial charge < -0.3 is 4.74 Å². The smallest absolute Gasteiger partial charge is 0.421 e. The Bertz CT molecular complexity index is 541. The van der Waals surface area contributed by atoms with E-state index >= 15 is 0 Å². The van der Waals surface area contributed by atoms with Gasteiger partial charge in [-0.3, -0.25) is 0 Å². The quantitative estimate of drug-likeness (QED) is 0.460. The van der Waals surface area contributed by atoms with Crippen LogP contribution in [0, 0.1) is 6.92 Å². The van der Waals surface area contributed by atoms with E-state index in [2.05, 4.69) is 4.74 Å². The van der Waals surface area contributed by atoms with Crippen molar-refractivity contribution in [1.29, 1.82) is 0 Å². The molecule has 0 heterocycles. The number of hydrogen-bond acceptors (Lipinski definition) is 2. The summed E-state index contributed by atoms with van der Waals surface area (Å²) in [6, 6.07) is 4.58. The van der Waals surface area contributed by atoms with Gasteiger partial charge in [-0.15, -0.1) is 0 Å². The van der Waals surface area contributed by atoms with Crippen LogP contribution in [-0.2, 0) is 10.2 Å². The number of aryl methyl sites for hydroxylation is 1. The van der Waals surface area contributed by atoms with E-state index in [4.69, 9.17) is 0 Å². The van der Waals surface area contributed by atoms with Gasteiger partial charge in [0.15, 0.2) is 0 Å². The average molecular weight is 310 g/mol. The summed E-state index contributed by atoms with van der Waals surface area (Å²) in [4.78, 5) is 11.2. The van der Waals surface area contributed by atoms with Crippen LogP contribution in [0.3, 0.4) is 0 Å². The van der Waals surface area contributed by atoms with Crippen molar-refractivity contribution in [3.63, 3.8) is 0 Å². The summed E-state index contributed by atoms with van der Waals surface area (Å²) in [5.41, 5.74) is 0.0809. The number of hydrogen-bond donors (Lipinski definition) is 0. The molecule has 0 spiro atoms. The van der Waals surface area contributed by atoms with Crippen molar-refractivity contribution >= 4 is 5.97 Å². The molecule has 1 aromatic rings. The molecule has 118 valence electrons. The summed E-state index contributed by atoms with van der Waals surface area (Å²) in [6.07, 6.45) is -5.99. The van der Waals surface area contributed by atoms with Crippen LogP contribution in [0.1, 0.15) is 31.9 Å². The zero-order chi connectivity index (χ0) is 16.6. The lowest BCUT2D eigenvalue weighted by molar-refractivity contribution is -0.276. The van der Waals surface area contributed by atoms with Gasteiger partial charge >= 0.3 is 18.1 Å². The molecule has 1 rings (SSSR count). The first kappa shape index (κ1) is 17.4. The third-order valence-electron chi connectivity index (χ3n) is 2.83. The van der Waals surface area contributed by atoms with Crippen LogP contribution in [0.2, 0.25) is 0 Å². The van der Waals surface area contributed by atoms with Crippen LogP contribution < -0.4 is 4.74 Å². The number of ether oxygens (including phenoxy) is 1. The van der Waals surface area contributed by atoms with Crippen LogP contribution in [0.15, 0.2) is 18.2 Å². The zero-order valence-corrected chi connectivity index (χ0v) is 11.9. The minimum atomic E-state index is -5.99. The lowest BCUT2D eigenvalue weighted by Crippen LogP contribution is -2.46. The van der Waals surface area contributed by atoms with Crippen LogP contribution in [0.4, 0.5) is 22.0 Å². The fourth-order valence-electron chi connectivity index (χ4n) is 1.65. The lowest BCUT2D eigenvalue weighted by Gasteiger charge is -2.25. The molecule has 0 aliphatic rings. The first-order valence-electron chi connectivity index (χ1n) is 6.05. The van der Waals surface area contributed by atoms with Crippen LogP contribution in [-0.4, -0.2) is 18.1 Å².